The van der Waals surface area contributed by atoms with E-state index in [9.17, 15) is 44.7 Å². The smallest absolute Gasteiger partial charge is 0.335 e. The van der Waals surface area contributed by atoms with Gasteiger partial charge in [0.25, 0.3) is 23.0 Å². The molecule has 0 unspecified atom stereocenters. The van der Waals surface area contributed by atoms with Crippen molar-refractivity contribution in [2.75, 3.05) is 5.32 Å². The van der Waals surface area contributed by atoms with Crippen LogP contribution in [0.4, 0.5) is 22.7 Å². The van der Waals surface area contributed by atoms with Gasteiger partial charge in [-0.1, -0.05) is 0 Å². The summed E-state index contributed by atoms with van der Waals surface area (Å²) in [6.45, 7) is 0. The number of aromatic carboxylic acids is 2. The maximum Gasteiger partial charge on any atom is 0.335 e. The molecule has 0 spiro atoms. The zero-order valence-corrected chi connectivity index (χ0v) is 14.3. The minimum atomic E-state index is -1.55. The first-order valence-electron chi connectivity index (χ1n) is 7.46. The van der Waals surface area contributed by atoms with Crippen LogP contribution in [0.2, 0.25) is 0 Å². The summed E-state index contributed by atoms with van der Waals surface area (Å²) in [6.07, 6.45) is 0. The molecule has 30 heavy (non-hydrogen) atoms. The predicted octanol–water partition coefficient (Wildman–Crippen LogP) is 2.06. The van der Waals surface area contributed by atoms with E-state index < -0.39 is 72.1 Å². The van der Waals surface area contributed by atoms with Gasteiger partial charge in [0.15, 0.2) is 5.56 Å². The van der Waals surface area contributed by atoms with Crippen LogP contribution in [0.25, 0.3) is 0 Å². The quantitative estimate of drug-likeness (QED) is 0.433. The van der Waals surface area contributed by atoms with E-state index in [1.54, 1.807) is 0 Å². The monoisotopic (exact) mass is 420 g/mol. The normalized spacial score (nSPS) is 10.1. The number of amides is 1. The molecule has 0 bridgehead atoms. The second-order valence-electron chi connectivity index (χ2n) is 5.49. The summed E-state index contributed by atoms with van der Waals surface area (Å²) >= 11 is 0. The third-order valence-electron chi connectivity index (χ3n) is 3.60. The summed E-state index contributed by atoms with van der Waals surface area (Å²) in [5.74, 6) is -4.59. The van der Waals surface area contributed by atoms with Gasteiger partial charge in [0.2, 0.25) is 0 Å². The van der Waals surface area contributed by atoms with Gasteiger partial charge >= 0.3 is 11.9 Å². The Morgan fingerprint density at radius 1 is 0.733 bits per heavy atom. The Kier molecular flexibility index (Phi) is 5.67. The van der Waals surface area contributed by atoms with Gasteiger partial charge in [-0.05, 0) is 18.2 Å². The maximum atomic E-state index is 12.5. The SMILES string of the molecule is O=C(O)c1cc(NC(=O)c2c([N+](=O)[O-])cc([N+](=O)[O-])cc2[N+](=O)[O-])cc(C(=O)O)c1. The Morgan fingerprint density at radius 2 is 1.17 bits per heavy atom. The number of anilines is 1. The van der Waals surface area contributed by atoms with Gasteiger partial charge in [-0.15, -0.1) is 0 Å². The molecule has 154 valence electrons. The van der Waals surface area contributed by atoms with Crippen molar-refractivity contribution in [3.05, 3.63) is 77.4 Å². The van der Waals surface area contributed by atoms with Crippen LogP contribution in [0.15, 0.2) is 30.3 Å². The van der Waals surface area contributed by atoms with E-state index in [2.05, 4.69) is 0 Å². The van der Waals surface area contributed by atoms with Crippen LogP contribution >= 0.6 is 0 Å². The van der Waals surface area contributed by atoms with Crippen LogP contribution < -0.4 is 5.32 Å². The Hall–Kier alpha value is -4.95. The lowest BCUT2D eigenvalue weighted by Gasteiger charge is -2.09. The standard InChI is InChI=1S/C15H8N4O11/c20-13(16-8-2-6(14(21)22)1-7(3-8)15(23)24)12-10(18(27)28)4-9(17(25)26)5-11(12)19(29)30/h1-5H,(H,16,20)(H,21,22)(H,23,24). The van der Waals surface area contributed by atoms with Crippen molar-refractivity contribution in [2.24, 2.45) is 0 Å². The topological polar surface area (TPSA) is 233 Å². The largest absolute Gasteiger partial charge is 0.478 e. The second-order valence-corrected chi connectivity index (χ2v) is 5.49. The molecule has 2 aromatic rings. The molecule has 0 aromatic heterocycles. The lowest BCUT2D eigenvalue weighted by atomic mass is 10.1. The van der Waals surface area contributed by atoms with E-state index >= 15 is 0 Å². The maximum absolute atomic E-state index is 12.5. The van der Waals surface area contributed by atoms with E-state index in [1.165, 1.54) is 0 Å². The molecule has 0 fully saturated rings. The number of benzene rings is 2. The van der Waals surface area contributed by atoms with Crippen molar-refractivity contribution in [1.29, 1.82) is 0 Å². The van der Waals surface area contributed by atoms with E-state index in [4.69, 9.17) is 10.2 Å². The van der Waals surface area contributed by atoms with Crippen molar-refractivity contribution in [3.63, 3.8) is 0 Å². The highest BCUT2D eigenvalue weighted by molar-refractivity contribution is 6.11. The number of hydrogen-bond acceptors (Lipinski definition) is 9. The van der Waals surface area contributed by atoms with E-state index in [0.29, 0.717) is 12.1 Å². The first-order valence-corrected chi connectivity index (χ1v) is 7.46. The third-order valence-corrected chi connectivity index (χ3v) is 3.60. The number of rotatable bonds is 7. The fourth-order valence-electron chi connectivity index (χ4n) is 2.36. The zero-order chi connectivity index (χ0) is 22.7. The van der Waals surface area contributed by atoms with Gasteiger partial charge in [0, 0.05) is 5.69 Å². The van der Waals surface area contributed by atoms with E-state index in [-0.39, 0.29) is 0 Å². The second kappa shape index (κ2) is 7.97. The summed E-state index contributed by atoms with van der Waals surface area (Å²) in [5, 5.41) is 53.4. The molecule has 2 aromatic carbocycles. The van der Waals surface area contributed by atoms with Crippen molar-refractivity contribution in [1.82, 2.24) is 0 Å². The fraction of sp³-hybridized carbons (Fsp3) is 0. The Balaban J connectivity index is 2.65. The Bertz CT molecular complexity index is 1070. The number of non-ortho nitro benzene ring substituents is 1. The zero-order valence-electron chi connectivity index (χ0n) is 14.3. The van der Waals surface area contributed by atoms with Crippen LogP contribution in [0, 0.1) is 30.3 Å². The molecular formula is C15H8N4O11. The van der Waals surface area contributed by atoms with Gasteiger partial charge in [-0.25, -0.2) is 9.59 Å². The van der Waals surface area contributed by atoms with Gasteiger partial charge in [-0.3, -0.25) is 35.1 Å². The molecular weight excluding hydrogens is 412 g/mol. The average molecular weight is 420 g/mol. The molecule has 0 saturated heterocycles. The molecule has 3 N–H and O–H groups in total. The summed E-state index contributed by atoms with van der Waals surface area (Å²) in [5.41, 5.74) is -6.21. The van der Waals surface area contributed by atoms with Crippen molar-refractivity contribution in [2.45, 2.75) is 0 Å². The molecule has 15 heteroatoms. The highest BCUT2D eigenvalue weighted by Crippen LogP contribution is 2.34. The number of hydrogen-bond donors (Lipinski definition) is 3. The number of carbonyl (C=O) groups is 3. The number of carbonyl (C=O) groups excluding carboxylic acids is 1. The minimum Gasteiger partial charge on any atom is -0.478 e. The molecule has 2 rings (SSSR count). The van der Waals surface area contributed by atoms with Crippen molar-refractivity contribution >= 4 is 40.6 Å². The fourth-order valence-corrected chi connectivity index (χ4v) is 2.36. The van der Waals surface area contributed by atoms with Crippen LogP contribution in [-0.2, 0) is 0 Å². The highest BCUT2D eigenvalue weighted by Gasteiger charge is 2.35. The molecule has 0 radical (unpaired) electrons. The number of nitro benzene ring substituents is 3. The molecule has 15 nitrogen and oxygen atoms in total. The van der Waals surface area contributed by atoms with E-state index in [0.717, 1.165) is 18.2 Å². The average Bonchev–Trinajstić information content (AvgIpc) is 2.66. The molecule has 0 atom stereocenters. The number of nitrogens with zero attached hydrogens (tertiary/aromatic N) is 3. The summed E-state index contributed by atoms with van der Waals surface area (Å²) < 4.78 is 0. The minimum absolute atomic E-state index is 0.345. The summed E-state index contributed by atoms with van der Waals surface area (Å²) in [7, 11) is 0. The van der Waals surface area contributed by atoms with Crippen LogP contribution in [0.5, 0.6) is 0 Å². The molecule has 0 heterocycles. The molecule has 1 amide bonds. The number of nitro groups is 3. The van der Waals surface area contributed by atoms with Gasteiger partial charge in [0.05, 0.1) is 38.0 Å². The molecule has 0 aliphatic rings. The van der Waals surface area contributed by atoms with Crippen molar-refractivity contribution in [3.8, 4) is 0 Å². The molecule has 0 aliphatic heterocycles. The lowest BCUT2D eigenvalue weighted by Crippen LogP contribution is -2.17. The van der Waals surface area contributed by atoms with Gasteiger partial charge < -0.3 is 15.5 Å². The van der Waals surface area contributed by atoms with Gasteiger partial charge in [0.1, 0.15) is 0 Å². The lowest BCUT2D eigenvalue weighted by molar-refractivity contribution is -0.403. The first kappa shape index (κ1) is 21.4. The summed E-state index contributed by atoms with van der Waals surface area (Å²) in [6, 6.07) is 3.10. The first-order chi connectivity index (χ1) is 13.9. The van der Waals surface area contributed by atoms with Crippen LogP contribution in [0.1, 0.15) is 31.1 Å². The third kappa shape index (κ3) is 4.30. The van der Waals surface area contributed by atoms with Crippen LogP contribution in [-0.4, -0.2) is 42.8 Å². The highest BCUT2D eigenvalue weighted by atomic mass is 16.6. The number of carboxylic acids is 2. The molecule has 0 saturated carbocycles. The van der Waals surface area contributed by atoms with Crippen molar-refractivity contribution < 1.29 is 39.4 Å². The summed E-state index contributed by atoms with van der Waals surface area (Å²) in [4.78, 5) is 64.5. The van der Waals surface area contributed by atoms with Gasteiger partial charge in [-0.2, -0.15) is 0 Å². The Morgan fingerprint density at radius 3 is 1.50 bits per heavy atom. The van der Waals surface area contributed by atoms with E-state index in [1.807, 2.05) is 5.32 Å². The number of nitrogens with one attached hydrogen (secondary N) is 1. The Labute approximate surface area is 163 Å². The predicted molar refractivity (Wildman–Crippen MR) is 94.7 cm³/mol. The van der Waals surface area contributed by atoms with Crippen LogP contribution in [0.3, 0.4) is 0 Å². The molecule has 0 aliphatic carbocycles. The number of carboxylic acid groups (broad SMARTS) is 2.